The molecule has 0 aliphatic rings. The van der Waals surface area contributed by atoms with Gasteiger partial charge in [0.05, 0.1) is 18.2 Å². The van der Waals surface area contributed by atoms with Crippen molar-refractivity contribution in [2.24, 2.45) is 0 Å². The number of pyridine rings is 1. The number of hydrogen-bond acceptors (Lipinski definition) is 4. The van der Waals surface area contributed by atoms with Crippen LogP contribution < -0.4 is 5.32 Å². The average Bonchev–Trinajstić information content (AvgIpc) is 2.40. The molecule has 1 aromatic heterocycles. The van der Waals surface area contributed by atoms with Gasteiger partial charge in [-0.2, -0.15) is 5.26 Å². The van der Waals surface area contributed by atoms with Crippen LogP contribution in [0.5, 0.6) is 0 Å². The number of nitrogens with zero attached hydrogens (tertiary/aromatic N) is 2. The molecule has 0 radical (unpaired) electrons. The fraction of sp³-hybridized carbons (Fsp3) is 0.143. The summed E-state index contributed by atoms with van der Waals surface area (Å²) < 4.78 is 5.08. The van der Waals surface area contributed by atoms with E-state index < -0.39 is 0 Å². The van der Waals surface area contributed by atoms with Crippen molar-refractivity contribution in [1.82, 2.24) is 4.98 Å². The monoisotopic (exact) mass is 239 g/mol. The molecule has 0 saturated heterocycles. The Labute approximate surface area is 106 Å². The number of anilines is 2. The zero-order valence-corrected chi connectivity index (χ0v) is 10.1. The van der Waals surface area contributed by atoms with Crippen molar-refractivity contribution >= 4 is 11.5 Å². The molecular formula is C14H13N3O. The number of nitrogens with one attached hydrogen (secondary N) is 1. The first-order valence-corrected chi connectivity index (χ1v) is 5.53. The molecule has 1 heterocycles. The maximum atomic E-state index is 8.82. The third-order valence-corrected chi connectivity index (χ3v) is 2.40. The number of rotatable bonds is 4. The highest BCUT2D eigenvalue weighted by Crippen LogP contribution is 2.17. The van der Waals surface area contributed by atoms with Gasteiger partial charge in [0.1, 0.15) is 5.82 Å². The molecule has 0 aliphatic heterocycles. The summed E-state index contributed by atoms with van der Waals surface area (Å²) in [5, 5.41) is 12.0. The summed E-state index contributed by atoms with van der Waals surface area (Å²) in [6.07, 6.45) is 1.61. The molecule has 18 heavy (non-hydrogen) atoms. The quantitative estimate of drug-likeness (QED) is 0.891. The van der Waals surface area contributed by atoms with Crippen LogP contribution in [0, 0.1) is 11.3 Å². The van der Waals surface area contributed by atoms with Crippen molar-refractivity contribution in [2.45, 2.75) is 6.61 Å². The molecule has 2 rings (SSSR count). The molecule has 1 aromatic carbocycles. The fourth-order valence-corrected chi connectivity index (χ4v) is 1.62. The van der Waals surface area contributed by atoms with Crippen molar-refractivity contribution in [2.75, 3.05) is 12.4 Å². The maximum Gasteiger partial charge on any atom is 0.131 e. The zero-order valence-electron chi connectivity index (χ0n) is 10.1. The number of ether oxygens (including phenoxy) is 1. The lowest BCUT2D eigenvalue weighted by molar-refractivity contribution is 0.185. The average molecular weight is 239 g/mol. The first-order chi connectivity index (χ1) is 8.81. The van der Waals surface area contributed by atoms with Gasteiger partial charge in [0.15, 0.2) is 0 Å². The Morgan fingerprint density at radius 2 is 2.22 bits per heavy atom. The Hall–Kier alpha value is -2.38. The molecule has 0 spiro atoms. The third-order valence-electron chi connectivity index (χ3n) is 2.40. The molecule has 90 valence electrons. The molecule has 0 amide bonds. The van der Waals surface area contributed by atoms with Gasteiger partial charge >= 0.3 is 0 Å². The summed E-state index contributed by atoms with van der Waals surface area (Å²) in [5.41, 5.74) is 2.59. The van der Waals surface area contributed by atoms with Crippen molar-refractivity contribution in [3.63, 3.8) is 0 Å². The van der Waals surface area contributed by atoms with E-state index in [1.807, 2.05) is 24.3 Å². The van der Waals surface area contributed by atoms with Crippen LogP contribution in [0.1, 0.15) is 11.1 Å². The predicted molar refractivity (Wildman–Crippen MR) is 69.4 cm³/mol. The number of methoxy groups -OCH3 is 1. The lowest BCUT2D eigenvalue weighted by atomic mass is 10.2. The van der Waals surface area contributed by atoms with Crippen LogP contribution in [0.3, 0.4) is 0 Å². The van der Waals surface area contributed by atoms with E-state index in [1.165, 1.54) is 0 Å². The molecule has 2 aromatic rings. The summed E-state index contributed by atoms with van der Waals surface area (Å²) in [7, 11) is 1.66. The summed E-state index contributed by atoms with van der Waals surface area (Å²) in [6, 6.07) is 13.3. The molecular weight excluding hydrogens is 226 g/mol. The minimum atomic E-state index is 0.571. The van der Waals surface area contributed by atoms with Gasteiger partial charge in [-0.15, -0.1) is 0 Å². The van der Waals surface area contributed by atoms with Crippen LogP contribution in [0.15, 0.2) is 42.6 Å². The Bertz CT molecular complexity index is 575. The predicted octanol–water partition coefficient (Wildman–Crippen LogP) is 2.84. The van der Waals surface area contributed by atoms with Crippen LogP contribution >= 0.6 is 0 Å². The van der Waals surface area contributed by atoms with E-state index in [-0.39, 0.29) is 0 Å². The summed E-state index contributed by atoms with van der Waals surface area (Å²) in [5.74, 6) is 0.656. The largest absolute Gasteiger partial charge is 0.380 e. The first kappa shape index (κ1) is 12.1. The Kier molecular flexibility index (Phi) is 3.90. The van der Waals surface area contributed by atoms with Gasteiger partial charge in [-0.1, -0.05) is 12.1 Å². The van der Waals surface area contributed by atoms with Gasteiger partial charge < -0.3 is 10.1 Å². The molecule has 4 nitrogen and oxygen atoms in total. The number of benzene rings is 1. The van der Waals surface area contributed by atoms with Gasteiger partial charge in [0, 0.05) is 19.0 Å². The summed E-state index contributed by atoms with van der Waals surface area (Å²) in [6.45, 7) is 0.571. The fourth-order valence-electron chi connectivity index (χ4n) is 1.62. The smallest absolute Gasteiger partial charge is 0.131 e. The second kappa shape index (κ2) is 5.80. The maximum absolute atomic E-state index is 8.82. The molecule has 0 fully saturated rings. The summed E-state index contributed by atoms with van der Waals surface area (Å²) >= 11 is 0. The SMILES string of the molecule is COCc1cccc(Nc2cc(C#N)ccn2)c1. The van der Waals surface area contributed by atoms with Crippen molar-refractivity contribution in [3.8, 4) is 6.07 Å². The second-order valence-electron chi connectivity index (χ2n) is 3.80. The number of aromatic nitrogens is 1. The van der Waals surface area contributed by atoms with Gasteiger partial charge in [0.2, 0.25) is 0 Å². The number of nitriles is 1. The lowest BCUT2D eigenvalue weighted by Crippen LogP contribution is -1.95. The van der Waals surface area contributed by atoms with Gasteiger partial charge in [-0.25, -0.2) is 4.98 Å². The Balaban J connectivity index is 2.18. The van der Waals surface area contributed by atoms with Gasteiger partial charge in [0.25, 0.3) is 0 Å². The molecule has 0 saturated carbocycles. The van der Waals surface area contributed by atoms with E-state index in [1.54, 1.807) is 25.4 Å². The minimum absolute atomic E-state index is 0.571. The zero-order chi connectivity index (χ0) is 12.8. The molecule has 4 heteroatoms. The minimum Gasteiger partial charge on any atom is -0.380 e. The standard InChI is InChI=1S/C14H13N3O/c1-18-10-12-3-2-4-13(7-12)17-14-8-11(9-15)5-6-16-14/h2-8H,10H2,1H3,(H,16,17). The van der Waals surface area contributed by atoms with E-state index >= 15 is 0 Å². The van der Waals surface area contributed by atoms with Crippen molar-refractivity contribution in [1.29, 1.82) is 5.26 Å². The normalized spacial score (nSPS) is 9.78. The first-order valence-electron chi connectivity index (χ1n) is 5.53. The van der Waals surface area contributed by atoms with E-state index in [2.05, 4.69) is 16.4 Å². The molecule has 0 bridgehead atoms. The number of hydrogen-bond donors (Lipinski definition) is 1. The highest BCUT2D eigenvalue weighted by molar-refractivity contribution is 5.58. The summed E-state index contributed by atoms with van der Waals surface area (Å²) in [4.78, 5) is 4.16. The van der Waals surface area contributed by atoms with Crippen LogP contribution in [-0.4, -0.2) is 12.1 Å². The van der Waals surface area contributed by atoms with Crippen molar-refractivity contribution < 1.29 is 4.74 Å². The lowest BCUT2D eigenvalue weighted by Gasteiger charge is -2.07. The highest BCUT2D eigenvalue weighted by atomic mass is 16.5. The molecule has 0 atom stereocenters. The molecule has 1 N–H and O–H groups in total. The Morgan fingerprint density at radius 3 is 3.00 bits per heavy atom. The van der Waals surface area contributed by atoms with E-state index in [0.29, 0.717) is 18.0 Å². The third kappa shape index (κ3) is 3.06. The molecule has 0 aliphatic carbocycles. The topological polar surface area (TPSA) is 57.9 Å². The Morgan fingerprint density at radius 1 is 1.33 bits per heavy atom. The van der Waals surface area contributed by atoms with E-state index in [9.17, 15) is 0 Å². The van der Waals surface area contributed by atoms with E-state index in [4.69, 9.17) is 10.00 Å². The van der Waals surface area contributed by atoms with Gasteiger partial charge in [-0.05, 0) is 29.8 Å². The van der Waals surface area contributed by atoms with Crippen LogP contribution in [-0.2, 0) is 11.3 Å². The van der Waals surface area contributed by atoms with Crippen LogP contribution in [0.25, 0.3) is 0 Å². The van der Waals surface area contributed by atoms with Crippen LogP contribution in [0.4, 0.5) is 11.5 Å². The van der Waals surface area contributed by atoms with Crippen LogP contribution in [0.2, 0.25) is 0 Å². The van der Waals surface area contributed by atoms with E-state index in [0.717, 1.165) is 11.3 Å². The second-order valence-corrected chi connectivity index (χ2v) is 3.80. The van der Waals surface area contributed by atoms with Crippen molar-refractivity contribution in [3.05, 3.63) is 53.7 Å². The van der Waals surface area contributed by atoms with Gasteiger partial charge in [-0.3, -0.25) is 0 Å². The molecule has 0 unspecified atom stereocenters. The highest BCUT2D eigenvalue weighted by Gasteiger charge is 1.99.